The van der Waals surface area contributed by atoms with Gasteiger partial charge in [-0.2, -0.15) is 0 Å². The molecule has 0 saturated heterocycles. The van der Waals surface area contributed by atoms with Crippen molar-refractivity contribution in [3.8, 4) is 5.88 Å². The number of aryl methyl sites for hydroxylation is 1. The Labute approximate surface area is 192 Å². The lowest BCUT2D eigenvalue weighted by Crippen LogP contribution is -2.34. The number of nitrogens with zero attached hydrogens (tertiary/aromatic N) is 3. The molecule has 2 aromatic heterocycles. The van der Waals surface area contributed by atoms with Gasteiger partial charge in [0.25, 0.3) is 11.8 Å². The quantitative estimate of drug-likeness (QED) is 0.596. The number of aromatic nitrogens is 2. The van der Waals surface area contributed by atoms with E-state index in [2.05, 4.69) is 20.6 Å². The van der Waals surface area contributed by atoms with E-state index in [1.807, 2.05) is 19.9 Å². The SMILES string of the molecule is CC(=O)NCCNC(=O)c1nccc2c1CN(C(C)c1cnc(OC3CCC3)c(C)c1)C2=O. The van der Waals surface area contributed by atoms with Gasteiger partial charge in [0.1, 0.15) is 11.8 Å². The number of hydrogen-bond donors (Lipinski definition) is 2. The van der Waals surface area contributed by atoms with Gasteiger partial charge in [0, 0.05) is 55.6 Å². The molecule has 2 N–H and O–H groups in total. The third kappa shape index (κ3) is 4.81. The van der Waals surface area contributed by atoms with Crippen molar-refractivity contribution in [1.29, 1.82) is 0 Å². The minimum absolute atomic E-state index is 0.139. The largest absolute Gasteiger partial charge is 0.474 e. The van der Waals surface area contributed by atoms with Crippen LogP contribution in [0.1, 0.15) is 76.7 Å². The van der Waals surface area contributed by atoms with E-state index in [1.165, 1.54) is 19.5 Å². The fourth-order valence-electron chi connectivity index (χ4n) is 4.02. The molecule has 1 fully saturated rings. The molecule has 2 aromatic rings. The molecule has 9 nitrogen and oxygen atoms in total. The van der Waals surface area contributed by atoms with Gasteiger partial charge in [0.2, 0.25) is 11.8 Å². The summed E-state index contributed by atoms with van der Waals surface area (Å²) >= 11 is 0. The molecule has 1 atom stereocenters. The Morgan fingerprint density at radius 1 is 1.24 bits per heavy atom. The maximum absolute atomic E-state index is 13.1. The summed E-state index contributed by atoms with van der Waals surface area (Å²) in [5.74, 6) is -0.0196. The smallest absolute Gasteiger partial charge is 0.270 e. The average Bonchev–Trinajstić information content (AvgIpc) is 3.10. The fraction of sp³-hybridized carbons (Fsp3) is 0.458. The van der Waals surface area contributed by atoms with Crippen molar-refractivity contribution in [3.63, 3.8) is 0 Å². The van der Waals surface area contributed by atoms with E-state index in [0.29, 0.717) is 23.6 Å². The van der Waals surface area contributed by atoms with E-state index in [9.17, 15) is 14.4 Å². The number of nitrogens with one attached hydrogen (secondary N) is 2. The van der Waals surface area contributed by atoms with Crippen LogP contribution in [0, 0.1) is 6.92 Å². The van der Waals surface area contributed by atoms with Gasteiger partial charge in [-0.25, -0.2) is 4.98 Å². The van der Waals surface area contributed by atoms with Gasteiger partial charge in [-0.15, -0.1) is 0 Å². The molecule has 1 unspecified atom stereocenters. The van der Waals surface area contributed by atoms with Crippen molar-refractivity contribution in [2.75, 3.05) is 13.1 Å². The molecule has 3 amide bonds. The molecule has 0 bridgehead atoms. The molecule has 33 heavy (non-hydrogen) atoms. The number of carbonyl (C=O) groups is 3. The van der Waals surface area contributed by atoms with Crippen LogP contribution in [0.3, 0.4) is 0 Å². The van der Waals surface area contributed by atoms with Crippen LogP contribution in [0.5, 0.6) is 5.88 Å². The second-order valence-corrected chi connectivity index (χ2v) is 8.60. The number of carbonyl (C=O) groups excluding carboxylic acids is 3. The highest BCUT2D eigenvalue weighted by Gasteiger charge is 2.35. The van der Waals surface area contributed by atoms with Crippen molar-refractivity contribution >= 4 is 17.7 Å². The summed E-state index contributed by atoms with van der Waals surface area (Å²) in [5, 5.41) is 5.37. The number of fused-ring (bicyclic) bond motifs is 1. The fourth-order valence-corrected chi connectivity index (χ4v) is 4.02. The summed E-state index contributed by atoms with van der Waals surface area (Å²) in [6, 6.07) is 3.43. The molecule has 1 aliphatic carbocycles. The number of amides is 3. The lowest BCUT2D eigenvalue weighted by Gasteiger charge is -2.28. The zero-order valence-electron chi connectivity index (χ0n) is 19.2. The molecule has 3 heterocycles. The summed E-state index contributed by atoms with van der Waals surface area (Å²) in [4.78, 5) is 47.2. The molecule has 9 heteroatoms. The van der Waals surface area contributed by atoms with Crippen molar-refractivity contribution in [2.45, 2.75) is 58.7 Å². The highest BCUT2D eigenvalue weighted by molar-refractivity contribution is 6.03. The van der Waals surface area contributed by atoms with Crippen molar-refractivity contribution < 1.29 is 19.1 Å². The first-order chi connectivity index (χ1) is 15.8. The molecule has 2 aliphatic rings. The van der Waals surface area contributed by atoms with Crippen LogP contribution in [-0.2, 0) is 11.3 Å². The Kier molecular flexibility index (Phi) is 6.57. The number of rotatable bonds is 8. The summed E-state index contributed by atoms with van der Waals surface area (Å²) in [5.41, 5.74) is 3.18. The van der Waals surface area contributed by atoms with E-state index in [-0.39, 0.29) is 48.7 Å². The minimum atomic E-state index is -0.366. The summed E-state index contributed by atoms with van der Waals surface area (Å²) < 4.78 is 5.94. The first-order valence-electron chi connectivity index (χ1n) is 11.3. The van der Waals surface area contributed by atoms with E-state index < -0.39 is 0 Å². The number of pyridine rings is 2. The predicted molar refractivity (Wildman–Crippen MR) is 121 cm³/mol. The van der Waals surface area contributed by atoms with Crippen LogP contribution in [0.25, 0.3) is 0 Å². The van der Waals surface area contributed by atoms with E-state index in [0.717, 1.165) is 24.0 Å². The normalized spacial score (nSPS) is 16.1. The van der Waals surface area contributed by atoms with Gasteiger partial charge >= 0.3 is 0 Å². The van der Waals surface area contributed by atoms with Gasteiger partial charge in [-0.1, -0.05) is 0 Å². The highest BCUT2D eigenvalue weighted by Crippen LogP contribution is 2.34. The van der Waals surface area contributed by atoms with Gasteiger partial charge in [0.05, 0.1) is 6.04 Å². The van der Waals surface area contributed by atoms with Crippen molar-refractivity contribution in [3.05, 3.63) is 52.5 Å². The van der Waals surface area contributed by atoms with Crippen molar-refractivity contribution in [2.24, 2.45) is 0 Å². The van der Waals surface area contributed by atoms with Crippen LogP contribution < -0.4 is 15.4 Å². The third-order valence-corrected chi connectivity index (χ3v) is 6.21. The van der Waals surface area contributed by atoms with Crippen LogP contribution in [0.4, 0.5) is 0 Å². The van der Waals surface area contributed by atoms with Gasteiger partial charge < -0.3 is 20.3 Å². The summed E-state index contributed by atoms with van der Waals surface area (Å²) in [6.07, 6.45) is 6.82. The maximum Gasteiger partial charge on any atom is 0.270 e. The van der Waals surface area contributed by atoms with E-state index >= 15 is 0 Å². The molecule has 1 aliphatic heterocycles. The Hall–Kier alpha value is -3.49. The van der Waals surface area contributed by atoms with Crippen LogP contribution >= 0.6 is 0 Å². The molecule has 0 aromatic carbocycles. The molecule has 4 rings (SSSR count). The monoisotopic (exact) mass is 451 g/mol. The van der Waals surface area contributed by atoms with Gasteiger partial charge in [0.15, 0.2) is 0 Å². The van der Waals surface area contributed by atoms with Gasteiger partial charge in [-0.3, -0.25) is 19.4 Å². The first kappa shape index (κ1) is 22.7. The molecule has 0 radical (unpaired) electrons. The van der Waals surface area contributed by atoms with Crippen LogP contribution in [0.2, 0.25) is 0 Å². The maximum atomic E-state index is 13.1. The molecule has 174 valence electrons. The number of hydrogen-bond acceptors (Lipinski definition) is 6. The first-order valence-corrected chi connectivity index (χ1v) is 11.3. The molecular weight excluding hydrogens is 422 g/mol. The molecule has 0 spiro atoms. The highest BCUT2D eigenvalue weighted by atomic mass is 16.5. The minimum Gasteiger partial charge on any atom is -0.474 e. The summed E-state index contributed by atoms with van der Waals surface area (Å²) in [6.45, 7) is 6.22. The van der Waals surface area contributed by atoms with Gasteiger partial charge in [-0.05, 0) is 50.8 Å². The number of ether oxygens (including phenoxy) is 1. The Balaban J connectivity index is 1.46. The average molecular weight is 452 g/mol. The predicted octanol–water partition coefficient (Wildman–Crippen LogP) is 2.30. The van der Waals surface area contributed by atoms with E-state index in [1.54, 1.807) is 17.2 Å². The Bertz CT molecular complexity index is 1080. The van der Waals surface area contributed by atoms with Crippen molar-refractivity contribution in [1.82, 2.24) is 25.5 Å². The Morgan fingerprint density at radius 3 is 2.67 bits per heavy atom. The lowest BCUT2D eigenvalue weighted by atomic mass is 9.96. The zero-order valence-corrected chi connectivity index (χ0v) is 19.2. The van der Waals surface area contributed by atoms with Crippen LogP contribution in [-0.4, -0.2) is 51.8 Å². The summed E-state index contributed by atoms with van der Waals surface area (Å²) in [7, 11) is 0. The lowest BCUT2D eigenvalue weighted by molar-refractivity contribution is -0.118. The van der Waals surface area contributed by atoms with E-state index in [4.69, 9.17) is 4.74 Å². The second-order valence-electron chi connectivity index (χ2n) is 8.60. The third-order valence-electron chi connectivity index (χ3n) is 6.21. The molecule has 1 saturated carbocycles. The Morgan fingerprint density at radius 2 is 2.00 bits per heavy atom. The topological polar surface area (TPSA) is 114 Å². The standard InChI is InChI=1S/C24H29N5O4/c1-14-11-17(12-28-23(14)33-18-5-4-6-18)15(2)29-13-20-19(24(29)32)7-8-26-21(20)22(31)27-10-9-25-16(3)30/h7-8,11-12,15,18H,4-6,9-10,13H2,1-3H3,(H,25,30)(H,27,31). The van der Waals surface area contributed by atoms with Crippen LogP contribution in [0.15, 0.2) is 24.5 Å². The molecular formula is C24H29N5O4. The second kappa shape index (κ2) is 9.56. The zero-order chi connectivity index (χ0) is 23.5.